The van der Waals surface area contributed by atoms with Crippen LogP contribution in [0.1, 0.15) is 19.8 Å². The average Bonchev–Trinajstić information content (AvgIpc) is 2.25. The Balaban J connectivity index is 5.28. The summed E-state index contributed by atoms with van der Waals surface area (Å²) in [4.78, 5) is 44.0. The molecule has 0 bridgehead atoms. The predicted octanol–water partition coefficient (Wildman–Crippen LogP) is -0.836. The molecule has 0 rings (SSSR count). The van der Waals surface area contributed by atoms with Crippen molar-refractivity contribution in [1.82, 2.24) is 4.90 Å². The fourth-order valence-corrected chi connectivity index (χ4v) is 1.68. The highest BCUT2D eigenvalue weighted by Crippen LogP contribution is 2.13. The number of hydrogen-bond acceptors (Lipinski definition) is 5. The summed E-state index contributed by atoms with van der Waals surface area (Å²) in [6.07, 6.45) is -1.63. The van der Waals surface area contributed by atoms with E-state index in [0.29, 0.717) is 0 Å². The van der Waals surface area contributed by atoms with Crippen LogP contribution in [0.5, 0.6) is 0 Å². The van der Waals surface area contributed by atoms with Crippen LogP contribution < -0.4 is 0 Å². The normalized spacial score (nSPS) is 13.8. The van der Waals surface area contributed by atoms with Gasteiger partial charge in [0.05, 0.1) is 12.8 Å². The molecule has 2 unspecified atom stereocenters. The van der Waals surface area contributed by atoms with Crippen molar-refractivity contribution in [2.24, 2.45) is 0 Å². The summed E-state index contributed by atoms with van der Waals surface area (Å²) in [6, 6.07) is -3.19. The summed E-state index contributed by atoms with van der Waals surface area (Å²) in [5, 5.41) is 35.1. The van der Waals surface area contributed by atoms with Gasteiger partial charge in [0.1, 0.15) is 12.1 Å². The lowest BCUT2D eigenvalue weighted by molar-refractivity contribution is -0.158. The van der Waals surface area contributed by atoms with Gasteiger partial charge in [0, 0.05) is 0 Å². The van der Waals surface area contributed by atoms with Crippen LogP contribution in [0, 0.1) is 0 Å². The van der Waals surface area contributed by atoms with Crippen molar-refractivity contribution >= 4 is 23.9 Å². The van der Waals surface area contributed by atoms with E-state index in [-0.39, 0.29) is 6.54 Å². The van der Waals surface area contributed by atoms with E-state index in [1.807, 2.05) is 0 Å². The molecule has 9 heteroatoms. The van der Waals surface area contributed by atoms with Crippen LogP contribution in [-0.4, -0.2) is 67.8 Å². The van der Waals surface area contributed by atoms with Crippen LogP contribution in [0.3, 0.4) is 0 Å². The van der Waals surface area contributed by atoms with Gasteiger partial charge in [0.15, 0.2) is 0 Å². The molecule has 0 saturated carbocycles. The number of aliphatic carboxylic acids is 4. The molecule has 0 amide bonds. The van der Waals surface area contributed by atoms with Gasteiger partial charge >= 0.3 is 23.9 Å². The Bertz CT molecular complexity index is 346. The molecule has 0 aromatic rings. The van der Waals surface area contributed by atoms with Crippen molar-refractivity contribution in [2.75, 3.05) is 6.54 Å². The number of likely N-dealkylation sites (N-methyl/N-ethyl adjacent to an activating group) is 1. The lowest BCUT2D eigenvalue weighted by Gasteiger charge is -2.31. The van der Waals surface area contributed by atoms with E-state index < -0.39 is 48.8 Å². The molecule has 0 aliphatic carbocycles. The molecule has 0 aliphatic heterocycles. The Labute approximate surface area is 108 Å². The van der Waals surface area contributed by atoms with E-state index in [2.05, 4.69) is 0 Å². The molecule has 2 atom stereocenters. The number of carboxylic acid groups (broad SMARTS) is 4. The summed E-state index contributed by atoms with van der Waals surface area (Å²) in [7, 11) is 0. The van der Waals surface area contributed by atoms with Gasteiger partial charge < -0.3 is 20.4 Å². The van der Waals surface area contributed by atoms with Crippen LogP contribution in [0.2, 0.25) is 0 Å². The fourth-order valence-electron chi connectivity index (χ4n) is 1.68. The molecule has 108 valence electrons. The summed E-state index contributed by atoms with van der Waals surface area (Å²) >= 11 is 0. The second kappa shape index (κ2) is 7.31. The van der Waals surface area contributed by atoms with Gasteiger partial charge in [0.25, 0.3) is 0 Å². The van der Waals surface area contributed by atoms with Crippen molar-refractivity contribution < 1.29 is 39.6 Å². The van der Waals surface area contributed by atoms with Crippen LogP contribution in [0.15, 0.2) is 0 Å². The fraction of sp³-hybridized carbons (Fsp3) is 0.600. The summed E-state index contributed by atoms with van der Waals surface area (Å²) < 4.78 is 0. The van der Waals surface area contributed by atoms with E-state index >= 15 is 0 Å². The Kier molecular flexibility index (Phi) is 6.48. The van der Waals surface area contributed by atoms with Gasteiger partial charge in [-0.15, -0.1) is 0 Å². The quantitative estimate of drug-likeness (QED) is 0.422. The molecule has 0 heterocycles. The van der Waals surface area contributed by atoms with Crippen LogP contribution >= 0.6 is 0 Å². The number of carboxylic acids is 4. The van der Waals surface area contributed by atoms with Gasteiger partial charge in [0.2, 0.25) is 0 Å². The Morgan fingerprint density at radius 2 is 1.16 bits per heavy atom. The molecule has 0 radical (unpaired) electrons. The monoisotopic (exact) mass is 277 g/mol. The number of nitrogens with zero attached hydrogens (tertiary/aromatic N) is 1. The van der Waals surface area contributed by atoms with Gasteiger partial charge in [-0.1, -0.05) is 6.92 Å². The summed E-state index contributed by atoms with van der Waals surface area (Å²) in [6.45, 7) is 1.32. The summed E-state index contributed by atoms with van der Waals surface area (Å²) in [5.74, 6) is -5.85. The molecular formula is C10H15NO8. The molecule has 0 saturated heterocycles. The van der Waals surface area contributed by atoms with Crippen molar-refractivity contribution in [3.63, 3.8) is 0 Å². The molecular weight excluding hydrogens is 262 g/mol. The average molecular weight is 277 g/mol. The van der Waals surface area contributed by atoms with Crippen molar-refractivity contribution in [3.8, 4) is 0 Å². The van der Waals surface area contributed by atoms with Gasteiger partial charge in [-0.05, 0) is 6.54 Å². The largest absolute Gasteiger partial charge is 0.481 e. The van der Waals surface area contributed by atoms with Crippen molar-refractivity contribution in [2.45, 2.75) is 31.8 Å². The van der Waals surface area contributed by atoms with E-state index in [0.717, 1.165) is 4.90 Å². The Hall–Kier alpha value is -2.16. The molecule has 0 aliphatic rings. The van der Waals surface area contributed by atoms with Gasteiger partial charge in [-0.2, -0.15) is 0 Å². The predicted molar refractivity (Wildman–Crippen MR) is 59.7 cm³/mol. The highest BCUT2D eigenvalue weighted by molar-refractivity contribution is 5.84. The third kappa shape index (κ3) is 5.34. The highest BCUT2D eigenvalue weighted by atomic mass is 16.4. The first-order valence-electron chi connectivity index (χ1n) is 5.35. The lowest BCUT2D eigenvalue weighted by atomic mass is 10.1. The van der Waals surface area contributed by atoms with Gasteiger partial charge in [-0.25, -0.2) is 0 Å². The maximum absolute atomic E-state index is 11.0. The zero-order valence-electron chi connectivity index (χ0n) is 10.1. The zero-order valence-corrected chi connectivity index (χ0v) is 10.1. The molecule has 0 spiro atoms. The first kappa shape index (κ1) is 16.8. The third-order valence-corrected chi connectivity index (χ3v) is 2.47. The third-order valence-electron chi connectivity index (χ3n) is 2.47. The van der Waals surface area contributed by atoms with Crippen LogP contribution in [0.25, 0.3) is 0 Å². The maximum Gasteiger partial charge on any atom is 0.321 e. The molecule has 0 aromatic heterocycles. The lowest BCUT2D eigenvalue weighted by Crippen LogP contribution is -2.52. The minimum absolute atomic E-state index is 0.103. The van der Waals surface area contributed by atoms with Gasteiger partial charge in [-0.3, -0.25) is 24.1 Å². The standard InChI is InChI=1S/C10H15NO8/c1-2-11(5(9(16)17)3-7(12)13)6(10(18)19)4-8(14)15/h5-6H,2-4H2,1H3,(H,12,13)(H,14,15)(H,16,17)(H,18,19). The SMILES string of the molecule is CCN(C(CC(=O)O)C(=O)O)C(CC(=O)O)C(=O)O. The van der Waals surface area contributed by atoms with E-state index in [1.165, 1.54) is 6.92 Å². The molecule has 0 aromatic carbocycles. The first-order chi connectivity index (χ1) is 8.70. The van der Waals surface area contributed by atoms with Crippen molar-refractivity contribution in [1.29, 1.82) is 0 Å². The summed E-state index contributed by atoms with van der Waals surface area (Å²) in [5.41, 5.74) is 0. The van der Waals surface area contributed by atoms with Crippen molar-refractivity contribution in [3.05, 3.63) is 0 Å². The molecule has 4 N–H and O–H groups in total. The molecule has 19 heavy (non-hydrogen) atoms. The van der Waals surface area contributed by atoms with E-state index in [9.17, 15) is 19.2 Å². The highest BCUT2D eigenvalue weighted by Gasteiger charge is 2.36. The second-order valence-corrected chi connectivity index (χ2v) is 3.73. The van der Waals surface area contributed by atoms with E-state index in [4.69, 9.17) is 20.4 Å². The number of rotatable bonds is 9. The second-order valence-electron chi connectivity index (χ2n) is 3.73. The topological polar surface area (TPSA) is 152 Å². The maximum atomic E-state index is 11.0. The minimum Gasteiger partial charge on any atom is -0.481 e. The smallest absolute Gasteiger partial charge is 0.321 e. The number of carbonyl (C=O) groups is 4. The zero-order chi connectivity index (χ0) is 15.2. The van der Waals surface area contributed by atoms with Crippen LogP contribution in [-0.2, 0) is 19.2 Å². The van der Waals surface area contributed by atoms with Crippen LogP contribution in [0.4, 0.5) is 0 Å². The Morgan fingerprint density at radius 3 is 1.32 bits per heavy atom. The molecule has 0 fully saturated rings. The van der Waals surface area contributed by atoms with E-state index in [1.54, 1.807) is 0 Å². The Morgan fingerprint density at radius 1 is 0.842 bits per heavy atom. The minimum atomic E-state index is -1.59. The number of hydrogen-bond donors (Lipinski definition) is 4. The first-order valence-corrected chi connectivity index (χ1v) is 5.35. The molecule has 9 nitrogen and oxygen atoms in total.